The van der Waals surface area contributed by atoms with Crippen LogP contribution in [0.25, 0.3) is 0 Å². The van der Waals surface area contributed by atoms with Crippen LogP contribution in [0.15, 0.2) is 36.4 Å². The van der Waals surface area contributed by atoms with Crippen molar-refractivity contribution in [2.45, 2.75) is 114 Å². The van der Waals surface area contributed by atoms with Crippen molar-refractivity contribution in [1.82, 2.24) is 0 Å². The van der Waals surface area contributed by atoms with Gasteiger partial charge in [-0.05, 0) is 75.0 Å². The van der Waals surface area contributed by atoms with E-state index in [2.05, 4.69) is 41.7 Å². The molecule has 3 fully saturated rings. The molecule has 0 aliphatic carbocycles. The highest BCUT2D eigenvalue weighted by Crippen LogP contribution is 2.44. The van der Waals surface area contributed by atoms with E-state index in [-0.39, 0.29) is 12.2 Å². The summed E-state index contributed by atoms with van der Waals surface area (Å²) in [4.78, 5) is 0. The van der Waals surface area contributed by atoms with Crippen LogP contribution in [-0.4, -0.2) is 59.6 Å². The van der Waals surface area contributed by atoms with Gasteiger partial charge in [-0.25, -0.2) is 0 Å². The first-order valence-corrected chi connectivity index (χ1v) is 15.6. The molecule has 3 saturated heterocycles. The lowest BCUT2D eigenvalue weighted by molar-refractivity contribution is -0.297. The van der Waals surface area contributed by atoms with E-state index in [1.54, 1.807) is 7.11 Å². The number of hydrogen-bond acceptors (Lipinski definition) is 6. The van der Waals surface area contributed by atoms with E-state index in [1.165, 1.54) is 12.8 Å². The third-order valence-electron chi connectivity index (χ3n) is 8.04. The Morgan fingerprint density at radius 1 is 1.05 bits per heavy atom. The summed E-state index contributed by atoms with van der Waals surface area (Å²) < 4.78 is 31.4. The summed E-state index contributed by atoms with van der Waals surface area (Å²) in [5.41, 5.74) is 1.13. The first-order chi connectivity index (χ1) is 18.0. The smallest absolute Gasteiger partial charge is 0.169 e. The van der Waals surface area contributed by atoms with Gasteiger partial charge in [-0.3, -0.25) is 0 Å². The van der Waals surface area contributed by atoms with Gasteiger partial charge in [0.05, 0.1) is 50.8 Å². The molecule has 0 aromatic heterocycles. The van der Waals surface area contributed by atoms with Gasteiger partial charge in [0.2, 0.25) is 0 Å². The maximum absolute atomic E-state index is 11.0. The van der Waals surface area contributed by atoms with Crippen molar-refractivity contribution in [3.63, 3.8) is 0 Å². The predicted octanol–water partition coefficient (Wildman–Crippen LogP) is 6.36. The fourth-order valence-electron chi connectivity index (χ4n) is 5.84. The number of methoxy groups -OCH3 is 1. The molecule has 7 heteroatoms. The zero-order valence-electron chi connectivity index (χ0n) is 22.5. The van der Waals surface area contributed by atoms with E-state index < -0.39 is 11.9 Å². The van der Waals surface area contributed by atoms with Gasteiger partial charge < -0.3 is 28.8 Å². The number of rotatable bonds is 12. The third-order valence-corrected chi connectivity index (χ3v) is 9.02. The number of aliphatic hydroxyl groups is 1. The third kappa shape index (κ3) is 8.64. The zero-order valence-corrected chi connectivity index (χ0v) is 24.6. The van der Waals surface area contributed by atoms with Gasteiger partial charge in [0.1, 0.15) is 5.75 Å². The topological polar surface area (TPSA) is 66.4 Å². The van der Waals surface area contributed by atoms with E-state index in [0.29, 0.717) is 37.8 Å². The average molecular weight is 629 g/mol. The second-order valence-electron chi connectivity index (χ2n) is 11.0. The minimum atomic E-state index is -0.530. The van der Waals surface area contributed by atoms with E-state index in [4.69, 9.17) is 23.7 Å². The molecule has 1 spiro atoms. The fourth-order valence-corrected chi connectivity index (χ4v) is 6.49. The molecule has 1 aromatic rings. The second kappa shape index (κ2) is 14.6. The number of aliphatic hydroxyl groups excluding tert-OH is 1. The molecule has 7 atom stereocenters. The van der Waals surface area contributed by atoms with E-state index in [1.807, 2.05) is 24.3 Å². The second-order valence-corrected chi connectivity index (χ2v) is 11.8. The quantitative estimate of drug-likeness (QED) is 0.126. The summed E-state index contributed by atoms with van der Waals surface area (Å²) in [6.07, 6.45) is 14.1. The van der Waals surface area contributed by atoms with Crippen molar-refractivity contribution < 1.29 is 28.8 Å². The van der Waals surface area contributed by atoms with Crippen molar-refractivity contribution in [3.05, 3.63) is 42.0 Å². The Morgan fingerprint density at radius 3 is 2.62 bits per heavy atom. The van der Waals surface area contributed by atoms with Gasteiger partial charge >= 0.3 is 0 Å². The molecule has 0 amide bonds. The Bertz CT molecular complexity index is 832. The van der Waals surface area contributed by atoms with Crippen LogP contribution in [0.1, 0.15) is 76.7 Å². The molecule has 3 aliphatic rings. The first-order valence-electron chi connectivity index (χ1n) is 14.1. The van der Waals surface area contributed by atoms with E-state index in [9.17, 15) is 5.11 Å². The Hall–Kier alpha value is -0.710. The van der Waals surface area contributed by atoms with Gasteiger partial charge in [0.25, 0.3) is 0 Å². The fraction of sp³-hybridized carbons (Fsp3) is 0.733. The standard InChI is InChI=1S/C30H45IO6/c1-22-14-16-30(17-15-26(36-30)19-25-7-6-8-27(20-31)35-25)37-29(22)28(32)9-4-3-5-18-34-21-23-10-12-24(33-2)13-11-23/h3-4,10-13,22,25-29,32H,5-9,14-21H2,1-2H3/b4-3-/t22-,25+,26+,27-,28-,29-,30+/m1/s1. The molecule has 0 unspecified atom stereocenters. The van der Waals surface area contributed by atoms with Crippen molar-refractivity contribution in [2.24, 2.45) is 5.92 Å². The van der Waals surface area contributed by atoms with Crippen molar-refractivity contribution in [3.8, 4) is 5.75 Å². The molecule has 0 radical (unpaired) electrons. The Labute approximate surface area is 236 Å². The van der Waals surface area contributed by atoms with Crippen molar-refractivity contribution in [2.75, 3.05) is 18.1 Å². The molecule has 0 bridgehead atoms. The highest BCUT2D eigenvalue weighted by atomic mass is 127. The lowest BCUT2D eigenvalue weighted by Crippen LogP contribution is -2.49. The minimum Gasteiger partial charge on any atom is -0.497 e. The maximum atomic E-state index is 11.0. The maximum Gasteiger partial charge on any atom is 0.169 e. The molecular weight excluding hydrogens is 583 g/mol. The van der Waals surface area contributed by atoms with Gasteiger partial charge in [0, 0.05) is 17.3 Å². The number of ether oxygens (including phenoxy) is 5. The lowest BCUT2D eigenvalue weighted by Gasteiger charge is -2.43. The number of benzene rings is 1. The van der Waals surface area contributed by atoms with Gasteiger partial charge in [0.15, 0.2) is 5.79 Å². The van der Waals surface area contributed by atoms with Crippen LogP contribution in [0.3, 0.4) is 0 Å². The Kier molecular flexibility index (Phi) is 11.6. The summed E-state index contributed by atoms with van der Waals surface area (Å²) in [6.45, 7) is 3.42. The normalized spacial score (nSPS) is 33.2. The van der Waals surface area contributed by atoms with E-state index >= 15 is 0 Å². The van der Waals surface area contributed by atoms with Crippen LogP contribution in [-0.2, 0) is 25.6 Å². The predicted molar refractivity (Wildman–Crippen MR) is 153 cm³/mol. The van der Waals surface area contributed by atoms with Crippen LogP contribution >= 0.6 is 22.6 Å². The molecule has 0 saturated carbocycles. The SMILES string of the molecule is COc1ccc(COCC/C=C\C[C@@H](O)[C@@H]2O[C@]3(CC[C@@H](C[C@@H]4CCC[C@H](CI)O4)O3)CC[C@H]2C)cc1. The van der Waals surface area contributed by atoms with Crippen molar-refractivity contribution >= 4 is 22.6 Å². The largest absolute Gasteiger partial charge is 0.497 e. The molecular formula is C30H45IO6. The monoisotopic (exact) mass is 628 g/mol. The van der Waals surface area contributed by atoms with Crippen LogP contribution in [0.5, 0.6) is 5.75 Å². The molecule has 6 nitrogen and oxygen atoms in total. The summed E-state index contributed by atoms with van der Waals surface area (Å²) in [5.74, 6) is 0.639. The summed E-state index contributed by atoms with van der Waals surface area (Å²) in [6, 6.07) is 7.93. The molecule has 208 valence electrons. The number of hydrogen-bond donors (Lipinski definition) is 1. The lowest BCUT2D eigenvalue weighted by atomic mass is 9.87. The highest BCUT2D eigenvalue weighted by Gasteiger charge is 2.48. The molecule has 3 aliphatic heterocycles. The number of halogens is 1. The molecule has 3 heterocycles. The summed E-state index contributed by atoms with van der Waals surface area (Å²) in [7, 11) is 1.67. The highest BCUT2D eigenvalue weighted by molar-refractivity contribution is 14.1. The van der Waals surface area contributed by atoms with Gasteiger partial charge in [-0.2, -0.15) is 0 Å². The van der Waals surface area contributed by atoms with Gasteiger partial charge in [-0.1, -0.05) is 53.8 Å². The minimum absolute atomic E-state index is 0.196. The van der Waals surface area contributed by atoms with Crippen LogP contribution in [0, 0.1) is 5.92 Å². The van der Waals surface area contributed by atoms with Crippen LogP contribution in [0.4, 0.5) is 0 Å². The summed E-state index contributed by atoms with van der Waals surface area (Å²) >= 11 is 2.43. The first kappa shape index (κ1) is 29.3. The zero-order chi connectivity index (χ0) is 26.1. The van der Waals surface area contributed by atoms with Crippen molar-refractivity contribution in [1.29, 1.82) is 0 Å². The number of alkyl halides is 1. The van der Waals surface area contributed by atoms with Gasteiger partial charge in [-0.15, -0.1) is 0 Å². The average Bonchev–Trinajstić information content (AvgIpc) is 3.31. The Morgan fingerprint density at radius 2 is 1.84 bits per heavy atom. The van der Waals surface area contributed by atoms with Crippen LogP contribution in [0.2, 0.25) is 0 Å². The molecule has 1 N–H and O–H groups in total. The Balaban J connectivity index is 1.16. The molecule has 4 rings (SSSR count). The van der Waals surface area contributed by atoms with E-state index in [0.717, 1.165) is 60.7 Å². The summed E-state index contributed by atoms with van der Waals surface area (Å²) in [5, 5.41) is 11.0. The molecule has 37 heavy (non-hydrogen) atoms. The molecule has 1 aromatic carbocycles. The van der Waals surface area contributed by atoms with Crippen LogP contribution < -0.4 is 4.74 Å².